The third-order valence-corrected chi connectivity index (χ3v) is 5.02. The molecule has 0 N–H and O–H groups in total. The Kier molecular flexibility index (Phi) is 3.95. The highest BCUT2D eigenvalue weighted by Crippen LogP contribution is 2.28. The first-order valence-electron chi connectivity index (χ1n) is 8.63. The van der Waals surface area contributed by atoms with E-state index in [-0.39, 0.29) is 5.91 Å². The maximum absolute atomic E-state index is 12.6. The highest BCUT2D eigenvalue weighted by molar-refractivity contribution is 5.92. The number of fused-ring (bicyclic) bond motifs is 1. The molecule has 4 heterocycles. The molecule has 0 unspecified atom stereocenters. The van der Waals surface area contributed by atoms with Gasteiger partial charge in [-0.25, -0.2) is 9.97 Å². The molecule has 0 bridgehead atoms. The fraction of sp³-hybridized carbons (Fsp3) is 0.368. The topological polar surface area (TPSA) is 63.9 Å². The van der Waals surface area contributed by atoms with Crippen LogP contribution in [-0.2, 0) is 7.05 Å². The molecule has 4 rings (SSSR count). The zero-order valence-electron chi connectivity index (χ0n) is 14.5. The fourth-order valence-corrected chi connectivity index (χ4v) is 3.40. The van der Waals surface area contributed by atoms with Crippen LogP contribution in [0, 0.1) is 6.92 Å². The second kappa shape index (κ2) is 6.27. The zero-order chi connectivity index (χ0) is 17.4. The standard InChI is InChI=1S/C19H21N5O/c1-13-12-17(22-23(13)2)19(25)24-10-7-14(8-11-24)16-6-5-15-4-3-9-20-18(15)21-16/h3-6,9,12,14H,7-8,10-11H2,1-2H3. The van der Waals surface area contributed by atoms with Crippen LogP contribution in [0.1, 0.15) is 40.6 Å². The van der Waals surface area contributed by atoms with Gasteiger partial charge in [0.2, 0.25) is 0 Å². The molecular formula is C19H21N5O. The summed E-state index contributed by atoms with van der Waals surface area (Å²) in [5, 5.41) is 5.36. The summed E-state index contributed by atoms with van der Waals surface area (Å²) in [6.07, 6.45) is 3.61. The van der Waals surface area contributed by atoms with E-state index >= 15 is 0 Å². The molecule has 1 fully saturated rings. The van der Waals surface area contributed by atoms with Crippen molar-refractivity contribution in [2.45, 2.75) is 25.7 Å². The number of carbonyl (C=O) groups excluding carboxylic acids is 1. The quantitative estimate of drug-likeness (QED) is 0.722. The molecule has 3 aromatic rings. The molecule has 0 radical (unpaired) electrons. The van der Waals surface area contributed by atoms with Gasteiger partial charge in [0.25, 0.3) is 5.91 Å². The normalized spacial score (nSPS) is 15.7. The highest BCUT2D eigenvalue weighted by Gasteiger charge is 2.26. The number of hydrogen-bond donors (Lipinski definition) is 0. The third-order valence-electron chi connectivity index (χ3n) is 5.02. The van der Waals surface area contributed by atoms with E-state index in [9.17, 15) is 4.79 Å². The molecule has 1 aliphatic heterocycles. The van der Waals surface area contributed by atoms with Crippen LogP contribution in [-0.4, -0.2) is 43.6 Å². The molecule has 0 spiro atoms. The maximum Gasteiger partial charge on any atom is 0.274 e. The van der Waals surface area contributed by atoms with Gasteiger partial charge in [0.15, 0.2) is 11.3 Å². The van der Waals surface area contributed by atoms with Gasteiger partial charge in [-0.3, -0.25) is 9.48 Å². The molecule has 3 aromatic heterocycles. The first-order chi connectivity index (χ1) is 12.1. The van der Waals surface area contributed by atoms with Gasteiger partial charge >= 0.3 is 0 Å². The maximum atomic E-state index is 12.6. The molecule has 6 heteroatoms. The lowest BCUT2D eigenvalue weighted by atomic mass is 9.92. The van der Waals surface area contributed by atoms with E-state index in [1.54, 1.807) is 10.9 Å². The van der Waals surface area contributed by atoms with Crippen LogP contribution < -0.4 is 0 Å². The minimum absolute atomic E-state index is 0.0234. The number of likely N-dealkylation sites (tertiary alicyclic amines) is 1. The number of aryl methyl sites for hydroxylation is 2. The SMILES string of the molecule is Cc1cc(C(=O)N2CCC(c3ccc4cccnc4n3)CC2)nn1C. The predicted octanol–water partition coefficient (Wildman–Crippen LogP) is 2.69. The van der Waals surface area contributed by atoms with Gasteiger partial charge in [0, 0.05) is 49.0 Å². The first-order valence-corrected chi connectivity index (χ1v) is 8.63. The summed E-state index contributed by atoms with van der Waals surface area (Å²) in [5.41, 5.74) is 3.40. The minimum atomic E-state index is 0.0234. The summed E-state index contributed by atoms with van der Waals surface area (Å²) < 4.78 is 1.74. The Labute approximate surface area is 146 Å². The van der Waals surface area contributed by atoms with E-state index in [1.165, 1.54) is 0 Å². The second-order valence-electron chi connectivity index (χ2n) is 6.65. The summed E-state index contributed by atoms with van der Waals surface area (Å²) in [4.78, 5) is 23.6. The molecule has 1 saturated heterocycles. The lowest BCUT2D eigenvalue weighted by molar-refractivity contribution is 0.0705. The third kappa shape index (κ3) is 2.99. The van der Waals surface area contributed by atoms with Crippen LogP contribution in [0.4, 0.5) is 0 Å². The predicted molar refractivity (Wildman–Crippen MR) is 95.4 cm³/mol. The average Bonchev–Trinajstić information content (AvgIpc) is 2.99. The van der Waals surface area contributed by atoms with E-state index in [0.717, 1.165) is 48.4 Å². The van der Waals surface area contributed by atoms with Gasteiger partial charge in [-0.15, -0.1) is 0 Å². The molecule has 0 aliphatic carbocycles. The van der Waals surface area contributed by atoms with Crippen molar-refractivity contribution >= 4 is 16.9 Å². The number of aromatic nitrogens is 4. The highest BCUT2D eigenvalue weighted by atomic mass is 16.2. The van der Waals surface area contributed by atoms with Crippen molar-refractivity contribution in [1.29, 1.82) is 0 Å². The average molecular weight is 335 g/mol. The van der Waals surface area contributed by atoms with Gasteiger partial charge < -0.3 is 4.90 Å². The molecule has 1 amide bonds. The van der Waals surface area contributed by atoms with Crippen molar-refractivity contribution in [3.63, 3.8) is 0 Å². The van der Waals surface area contributed by atoms with Crippen LogP contribution >= 0.6 is 0 Å². The van der Waals surface area contributed by atoms with Crippen molar-refractivity contribution < 1.29 is 4.79 Å². The number of nitrogens with zero attached hydrogens (tertiary/aromatic N) is 5. The van der Waals surface area contributed by atoms with Crippen LogP contribution in [0.15, 0.2) is 36.5 Å². The first kappa shape index (κ1) is 15.7. The zero-order valence-corrected chi connectivity index (χ0v) is 14.5. The van der Waals surface area contributed by atoms with E-state index in [4.69, 9.17) is 4.98 Å². The van der Waals surface area contributed by atoms with Crippen LogP contribution in [0.2, 0.25) is 0 Å². The van der Waals surface area contributed by atoms with Crippen molar-refractivity contribution in [3.8, 4) is 0 Å². The Balaban J connectivity index is 1.46. The van der Waals surface area contributed by atoms with Crippen LogP contribution in [0.25, 0.3) is 11.0 Å². The Morgan fingerprint density at radius 3 is 2.72 bits per heavy atom. The van der Waals surface area contributed by atoms with Crippen molar-refractivity contribution in [1.82, 2.24) is 24.6 Å². The molecule has 128 valence electrons. The summed E-state index contributed by atoms with van der Waals surface area (Å²) in [6, 6.07) is 9.97. The van der Waals surface area contributed by atoms with Gasteiger partial charge in [-0.05, 0) is 50.1 Å². The second-order valence-corrected chi connectivity index (χ2v) is 6.65. The van der Waals surface area contributed by atoms with Crippen molar-refractivity contribution in [2.75, 3.05) is 13.1 Å². The van der Waals surface area contributed by atoms with Crippen molar-refractivity contribution in [2.24, 2.45) is 7.05 Å². The summed E-state index contributed by atoms with van der Waals surface area (Å²) in [5.74, 6) is 0.399. The summed E-state index contributed by atoms with van der Waals surface area (Å²) in [6.45, 7) is 3.43. The van der Waals surface area contributed by atoms with Crippen molar-refractivity contribution in [3.05, 3.63) is 53.6 Å². The molecule has 0 aromatic carbocycles. The Hall–Kier alpha value is -2.76. The number of piperidine rings is 1. The lowest BCUT2D eigenvalue weighted by Crippen LogP contribution is -2.38. The van der Waals surface area contributed by atoms with E-state index in [0.29, 0.717) is 11.6 Å². The van der Waals surface area contributed by atoms with E-state index in [1.807, 2.05) is 37.1 Å². The van der Waals surface area contributed by atoms with Gasteiger partial charge in [-0.2, -0.15) is 5.10 Å². The smallest absolute Gasteiger partial charge is 0.274 e. The van der Waals surface area contributed by atoms with E-state index in [2.05, 4.69) is 22.2 Å². The number of carbonyl (C=O) groups is 1. The molecule has 6 nitrogen and oxygen atoms in total. The lowest BCUT2D eigenvalue weighted by Gasteiger charge is -2.31. The van der Waals surface area contributed by atoms with E-state index < -0.39 is 0 Å². The number of hydrogen-bond acceptors (Lipinski definition) is 4. The van der Waals surface area contributed by atoms with Crippen LogP contribution in [0.5, 0.6) is 0 Å². The molecule has 0 saturated carbocycles. The summed E-state index contributed by atoms with van der Waals surface area (Å²) >= 11 is 0. The Morgan fingerprint density at radius 1 is 1.20 bits per heavy atom. The van der Waals surface area contributed by atoms with Gasteiger partial charge in [0.1, 0.15) is 0 Å². The number of pyridine rings is 2. The fourth-order valence-electron chi connectivity index (χ4n) is 3.40. The van der Waals surface area contributed by atoms with Crippen LogP contribution in [0.3, 0.4) is 0 Å². The number of amides is 1. The largest absolute Gasteiger partial charge is 0.337 e. The van der Waals surface area contributed by atoms with Gasteiger partial charge in [-0.1, -0.05) is 0 Å². The molecule has 1 aliphatic rings. The summed E-state index contributed by atoms with van der Waals surface area (Å²) in [7, 11) is 1.86. The molecule has 25 heavy (non-hydrogen) atoms. The number of rotatable bonds is 2. The Bertz CT molecular complexity index is 905. The Morgan fingerprint density at radius 2 is 2.00 bits per heavy atom. The minimum Gasteiger partial charge on any atom is -0.337 e. The van der Waals surface area contributed by atoms with Gasteiger partial charge in [0.05, 0.1) is 0 Å². The molecule has 0 atom stereocenters. The molecular weight excluding hydrogens is 314 g/mol. The monoisotopic (exact) mass is 335 g/mol.